The number of aliphatic imine (C=N–C) groups is 1. The Morgan fingerprint density at radius 2 is 1.75 bits per heavy atom. The van der Waals surface area contributed by atoms with Gasteiger partial charge in [-0.05, 0) is 43.5 Å². The van der Waals surface area contributed by atoms with Crippen LogP contribution in [0.4, 0.5) is 0 Å². The summed E-state index contributed by atoms with van der Waals surface area (Å²) in [5.74, 6) is 0.835. The van der Waals surface area contributed by atoms with Gasteiger partial charge >= 0.3 is 0 Å². The van der Waals surface area contributed by atoms with Crippen LogP contribution in [0.25, 0.3) is 0 Å². The standard InChI is InChI=1S/C22H38N4O2/c1-23-22(24-12-9-15-28-17-16-27-2)25-18-20-10-5-6-11-21(20)19-26-13-7-3-4-8-14-26/h5-6,10-11H,3-4,7-9,12-19H2,1-2H3,(H2,23,24,25). The van der Waals surface area contributed by atoms with E-state index in [9.17, 15) is 0 Å². The third kappa shape index (κ3) is 9.04. The monoisotopic (exact) mass is 390 g/mol. The molecule has 1 aromatic carbocycles. The Morgan fingerprint density at radius 3 is 2.46 bits per heavy atom. The lowest BCUT2D eigenvalue weighted by atomic mass is 10.1. The summed E-state index contributed by atoms with van der Waals surface area (Å²) in [5.41, 5.74) is 2.76. The van der Waals surface area contributed by atoms with Crippen LogP contribution in [0.2, 0.25) is 0 Å². The molecular formula is C22H38N4O2. The minimum Gasteiger partial charge on any atom is -0.382 e. The van der Waals surface area contributed by atoms with Crippen LogP contribution >= 0.6 is 0 Å². The first-order valence-electron chi connectivity index (χ1n) is 10.6. The van der Waals surface area contributed by atoms with Crippen LogP contribution in [0.3, 0.4) is 0 Å². The molecule has 0 aliphatic carbocycles. The van der Waals surface area contributed by atoms with E-state index >= 15 is 0 Å². The molecule has 0 aromatic heterocycles. The van der Waals surface area contributed by atoms with Crippen LogP contribution in [0.5, 0.6) is 0 Å². The average Bonchev–Trinajstić information content (AvgIpc) is 2.99. The predicted molar refractivity (Wildman–Crippen MR) is 116 cm³/mol. The second-order valence-corrected chi connectivity index (χ2v) is 7.27. The van der Waals surface area contributed by atoms with Crippen molar-refractivity contribution in [2.75, 3.05) is 53.6 Å². The number of guanidine groups is 1. The Bertz CT molecular complexity index is 557. The van der Waals surface area contributed by atoms with Gasteiger partial charge in [-0.2, -0.15) is 0 Å². The van der Waals surface area contributed by atoms with Gasteiger partial charge in [-0.15, -0.1) is 0 Å². The van der Waals surface area contributed by atoms with Crippen molar-refractivity contribution in [1.29, 1.82) is 0 Å². The minimum atomic E-state index is 0.646. The molecule has 2 rings (SSSR count). The van der Waals surface area contributed by atoms with E-state index in [4.69, 9.17) is 9.47 Å². The summed E-state index contributed by atoms with van der Waals surface area (Å²) < 4.78 is 10.5. The normalized spacial score (nSPS) is 16.0. The number of hydrogen-bond donors (Lipinski definition) is 2. The van der Waals surface area contributed by atoms with Crippen LogP contribution in [-0.4, -0.2) is 64.5 Å². The van der Waals surface area contributed by atoms with Gasteiger partial charge in [-0.3, -0.25) is 9.89 Å². The summed E-state index contributed by atoms with van der Waals surface area (Å²) in [6.07, 6.45) is 6.34. The van der Waals surface area contributed by atoms with Crippen molar-refractivity contribution in [3.63, 3.8) is 0 Å². The van der Waals surface area contributed by atoms with Gasteiger partial charge in [0.15, 0.2) is 5.96 Å². The molecule has 0 bridgehead atoms. The number of nitrogens with zero attached hydrogens (tertiary/aromatic N) is 2. The van der Waals surface area contributed by atoms with Gasteiger partial charge in [0.05, 0.1) is 13.2 Å². The molecule has 28 heavy (non-hydrogen) atoms. The molecule has 0 saturated carbocycles. The lowest BCUT2D eigenvalue weighted by molar-refractivity contribution is 0.0698. The summed E-state index contributed by atoms with van der Waals surface area (Å²) in [5, 5.41) is 6.80. The highest BCUT2D eigenvalue weighted by Crippen LogP contribution is 2.16. The van der Waals surface area contributed by atoms with Crippen molar-refractivity contribution in [2.24, 2.45) is 4.99 Å². The zero-order valence-electron chi connectivity index (χ0n) is 17.7. The van der Waals surface area contributed by atoms with E-state index in [-0.39, 0.29) is 0 Å². The Hall–Kier alpha value is -1.63. The molecule has 1 aliphatic heterocycles. The van der Waals surface area contributed by atoms with Gasteiger partial charge in [0.1, 0.15) is 0 Å². The lowest BCUT2D eigenvalue weighted by Gasteiger charge is -2.22. The second-order valence-electron chi connectivity index (χ2n) is 7.27. The molecule has 1 fully saturated rings. The van der Waals surface area contributed by atoms with E-state index in [2.05, 4.69) is 44.8 Å². The van der Waals surface area contributed by atoms with E-state index in [0.29, 0.717) is 13.2 Å². The van der Waals surface area contributed by atoms with Gasteiger partial charge in [0.25, 0.3) is 0 Å². The average molecular weight is 391 g/mol. The van der Waals surface area contributed by atoms with Gasteiger partial charge in [0.2, 0.25) is 0 Å². The van der Waals surface area contributed by atoms with E-state index in [1.807, 2.05) is 7.05 Å². The van der Waals surface area contributed by atoms with Gasteiger partial charge in [0, 0.05) is 40.4 Å². The number of ether oxygens (including phenoxy) is 2. The molecule has 6 heteroatoms. The van der Waals surface area contributed by atoms with Crippen molar-refractivity contribution < 1.29 is 9.47 Å². The largest absolute Gasteiger partial charge is 0.382 e. The first-order valence-corrected chi connectivity index (χ1v) is 10.6. The molecule has 0 amide bonds. The SMILES string of the molecule is CN=C(NCCCOCCOC)NCc1ccccc1CN1CCCCCC1. The fraction of sp³-hybridized carbons (Fsp3) is 0.682. The maximum Gasteiger partial charge on any atom is 0.191 e. The quantitative estimate of drug-likeness (QED) is 0.346. The Morgan fingerprint density at radius 1 is 1.00 bits per heavy atom. The van der Waals surface area contributed by atoms with Crippen molar-refractivity contribution in [1.82, 2.24) is 15.5 Å². The number of nitrogens with one attached hydrogen (secondary N) is 2. The summed E-state index contributed by atoms with van der Waals surface area (Å²) in [7, 11) is 3.50. The van der Waals surface area contributed by atoms with E-state index < -0.39 is 0 Å². The molecule has 0 unspecified atom stereocenters. The fourth-order valence-electron chi connectivity index (χ4n) is 3.44. The summed E-state index contributed by atoms with van der Waals surface area (Å²) in [4.78, 5) is 6.93. The maximum atomic E-state index is 5.49. The van der Waals surface area contributed by atoms with Crippen LogP contribution < -0.4 is 10.6 Å². The zero-order valence-corrected chi connectivity index (χ0v) is 17.7. The number of likely N-dealkylation sites (tertiary alicyclic amines) is 1. The van der Waals surface area contributed by atoms with Crippen molar-refractivity contribution in [3.05, 3.63) is 35.4 Å². The van der Waals surface area contributed by atoms with Crippen LogP contribution in [0.1, 0.15) is 43.2 Å². The second kappa shape index (κ2) is 14.4. The molecule has 1 aromatic rings. The smallest absolute Gasteiger partial charge is 0.191 e. The molecule has 1 heterocycles. The van der Waals surface area contributed by atoms with Crippen molar-refractivity contribution in [3.8, 4) is 0 Å². The van der Waals surface area contributed by atoms with Crippen molar-refractivity contribution in [2.45, 2.75) is 45.2 Å². The molecule has 158 valence electrons. The summed E-state index contributed by atoms with van der Waals surface area (Å²) in [6.45, 7) is 7.13. The summed E-state index contributed by atoms with van der Waals surface area (Å²) >= 11 is 0. The molecule has 0 spiro atoms. The first-order chi connectivity index (χ1) is 13.8. The number of methoxy groups -OCH3 is 1. The van der Waals surface area contributed by atoms with Crippen LogP contribution in [0.15, 0.2) is 29.3 Å². The molecule has 0 atom stereocenters. The fourth-order valence-corrected chi connectivity index (χ4v) is 3.44. The predicted octanol–water partition coefficient (Wildman–Crippen LogP) is 2.78. The van der Waals surface area contributed by atoms with Crippen LogP contribution in [-0.2, 0) is 22.6 Å². The maximum absolute atomic E-state index is 5.49. The number of benzene rings is 1. The van der Waals surface area contributed by atoms with E-state index in [1.54, 1.807) is 7.11 Å². The third-order valence-corrected chi connectivity index (χ3v) is 5.07. The van der Waals surface area contributed by atoms with Crippen molar-refractivity contribution >= 4 is 5.96 Å². The van der Waals surface area contributed by atoms with E-state index in [0.717, 1.165) is 38.6 Å². The highest BCUT2D eigenvalue weighted by molar-refractivity contribution is 5.79. The zero-order chi connectivity index (χ0) is 19.9. The topological polar surface area (TPSA) is 58.1 Å². The van der Waals surface area contributed by atoms with Gasteiger partial charge in [-0.1, -0.05) is 37.1 Å². The van der Waals surface area contributed by atoms with Gasteiger partial charge < -0.3 is 20.1 Å². The summed E-state index contributed by atoms with van der Waals surface area (Å²) in [6, 6.07) is 8.75. The number of rotatable bonds is 11. The highest BCUT2D eigenvalue weighted by atomic mass is 16.5. The molecular weight excluding hydrogens is 352 g/mol. The molecule has 6 nitrogen and oxygen atoms in total. The Kier molecular flexibility index (Phi) is 11.6. The van der Waals surface area contributed by atoms with E-state index in [1.165, 1.54) is 49.9 Å². The molecule has 1 saturated heterocycles. The molecule has 1 aliphatic rings. The van der Waals surface area contributed by atoms with Crippen LogP contribution in [0, 0.1) is 0 Å². The first kappa shape index (κ1) is 22.7. The Balaban J connectivity index is 1.74. The molecule has 0 radical (unpaired) electrons. The minimum absolute atomic E-state index is 0.646. The molecule has 2 N–H and O–H groups in total. The highest BCUT2D eigenvalue weighted by Gasteiger charge is 2.11. The Labute approximate surface area is 170 Å². The number of hydrogen-bond acceptors (Lipinski definition) is 4. The lowest BCUT2D eigenvalue weighted by Crippen LogP contribution is -2.38. The third-order valence-electron chi connectivity index (χ3n) is 5.07. The van der Waals surface area contributed by atoms with Gasteiger partial charge in [-0.25, -0.2) is 0 Å².